The third kappa shape index (κ3) is 5.02. The molecule has 0 aliphatic heterocycles. The molecule has 106 valence electrons. The summed E-state index contributed by atoms with van der Waals surface area (Å²) < 4.78 is 0. The second-order valence-electron chi connectivity index (χ2n) is 4.08. The number of hydrogen-bond acceptors (Lipinski definition) is 3. The molecule has 2 rings (SSSR count). The number of hydrogen-bond donors (Lipinski definition) is 1. The number of rotatable bonds is 6. The lowest BCUT2D eigenvalue weighted by molar-refractivity contribution is -0.118. The van der Waals surface area contributed by atoms with Gasteiger partial charge in [0.2, 0.25) is 5.91 Å². The van der Waals surface area contributed by atoms with E-state index < -0.39 is 0 Å². The van der Waals surface area contributed by atoms with Gasteiger partial charge >= 0.3 is 0 Å². The first-order valence-electron chi connectivity index (χ1n) is 5.96. The van der Waals surface area contributed by atoms with Crippen molar-refractivity contribution in [2.45, 2.75) is 12.3 Å². The first kappa shape index (κ1) is 15.7. The van der Waals surface area contributed by atoms with Gasteiger partial charge in [-0.05, 0) is 29.1 Å². The zero-order chi connectivity index (χ0) is 14.4. The van der Waals surface area contributed by atoms with Crippen LogP contribution in [0.4, 0.5) is 0 Å². The maximum absolute atomic E-state index is 11.7. The standard InChI is InChI=1S/C14H13Cl2NOS2/c15-11-4-3-10(13(16)6-11)8-19-9-14(18)17-7-12-2-1-5-20-12/h1-6H,7-9H2,(H,17,18). The summed E-state index contributed by atoms with van der Waals surface area (Å²) in [4.78, 5) is 12.8. The monoisotopic (exact) mass is 345 g/mol. The number of benzene rings is 1. The predicted octanol–water partition coefficient (Wildman–Crippen LogP) is 4.60. The Bertz CT molecular complexity index is 573. The second-order valence-corrected chi connectivity index (χ2v) is 6.95. The minimum absolute atomic E-state index is 0.0356. The van der Waals surface area contributed by atoms with Crippen LogP contribution in [0.3, 0.4) is 0 Å². The number of nitrogens with one attached hydrogen (secondary N) is 1. The van der Waals surface area contributed by atoms with E-state index in [4.69, 9.17) is 23.2 Å². The fourth-order valence-corrected chi connectivity index (χ4v) is 3.60. The molecule has 20 heavy (non-hydrogen) atoms. The number of carbonyl (C=O) groups excluding carboxylic acids is 1. The van der Waals surface area contributed by atoms with Crippen LogP contribution in [0.1, 0.15) is 10.4 Å². The lowest BCUT2D eigenvalue weighted by Gasteiger charge is -2.06. The van der Waals surface area contributed by atoms with Crippen molar-refractivity contribution >= 4 is 52.2 Å². The summed E-state index contributed by atoms with van der Waals surface area (Å²) in [5.74, 6) is 1.15. The molecule has 6 heteroatoms. The van der Waals surface area contributed by atoms with Crippen LogP contribution in [-0.4, -0.2) is 11.7 Å². The maximum Gasteiger partial charge on any atom is 0.230 e. The van der Waals surface area contributed by atoms with Crippen LogP contribution in [0.5, 0.6) is 0 Å². The molecule has 0 saturated heterocycles. The summed E-state index contributed by atoms with van der Waals surface area (Å²) in [7, 11) is 0. The number of halogens is 2. The van der Waals surface area contributed by atoms with Gasteiger partial charge in [0.1, 0.15) is 0 Å². The number of thioether (sulfide) groups is 1. The molecule has 0 fully saturated rings. The first-order chi connectivity index (χ1) is 9.65. The van der Waals surface area contributed by atoms with Gasteiger partial charge in [0.05, 0.1) is 12.3 Å². The molecule has 0 atom stereocenters. The van der Waals surface area contributed by atoms with Crippen LogP contribution >= 0.6 is 46.3 Å². The summed E-state index contributed by atoms with van der Waals surface area (Å²) in [6, 6.07) is 9.40. The van der Waals surface area contributed by atoms with Crippen LogP contribution in [0.2, 0.25) is 10.0 Å². The number of carbonyl (C=O) groups is 1. The number of amides is 1. The zero-order valence-electron chi connectivity index (χ0n) is 10.6. The molecule has 0 bridgehead atoms. The van der Waals surface area contributed by atoms with Gasteiger partial charge in [0.25, 0.3) is 0 Å². The van der Waals surface area contributed by atoms with Crippen molar-refractivity contribution in [2.24, 2.45) is 0 Å². The zero-order valence-corrected chi connectivity index (χ0v) is 13.7. The molecule has 0 aliphatic carbocycles. The molecule has 1 aromatic heterocycles. The third-order valence-electron chi connectivity index (χ3n) is 2.55. The van der Waals surface area contributed by atoms with Gasteiger partial charge in [-0.1, -0.05) is 35.3 Å². The van der Waals surface area contributed by atoms with E-state index >= 15 is 0 Å². The van der Waals surface area contributed by atoms with Crippen LogP contribution in [0, 0.1) is 0 Å². The fourth-order valence-electron chi connectivity index (χ4n) is 1.54. The van der Waals surface area contributed by atoms with Crippen LogP contribution < -0.4 is 5.32 Å². The van der Waals surface area contributed by atoms with E-state index in [-0.39, 0.29) is 5.91 Å². The second kappa shape index (κ2) is 7.93. The number of thiophene rings is 1. The molecule has 2 aromatic rings. The van der Waals surface area contributed by atoms with E-state index in [1.807, 2.05) is 23.6 Å². The van der Waals surface area contributed by atoms with Gasteiger partial charge in [-0.3, -0.25) is 4.79 Å². The van der Waals surface area contributed by atoms with E-state index in [1.165, 1.54) is 11.8 Å². The van der Waals surface area contributed by atoms with Gasteiger partial charge < -0.3 is 5.32 Å². The minimum Gasteiger partial charge on any atom is -0.350 e. The van der Waals surface area contributed by atoms with Crippen molar-refractivity contribution in [1.82, 2.24) is 5.32 Å². The summed E-state index contributed by atoms with van der Waals surface area (Å²) in [5, 5.41) is 6.16. The predicted molar refractivity (Wildman–Crippen MR) is 88.8 cm³/mol. The van der Waals surface area contributed by atoms with E-state index in [1.54, 1.807) is 23.5 Å². The van der Waals surface area contributed by atoms with E-state index in [0.29, 0.717) is 28.1 Å². The molecular weight excluding hydrogens is 333 g/mol. The Balaban J connectivity index is 1.71. The van der Waals surface area contributed by atoms with Gasteiger partial charge in [-0.2, -0.15) is 0 Å². The highest BCUT2D eigenvalue weighted by Gasteiger charge is 2.05. The molecule has 0 aliphatic rings. The third-order valence-corrected chi connectivity index (χ3v) is 4.99. The molecule has 0 radical (unpaired) electrons. The SMILES string of the molecule is O=C(CSCc1ccc(Cl)cc1Cl)NCc1cccs1. The molecule has 1 amide bonds. The topological polar surface area (TPSA) is 29.1 Å². The lowest BCUT2D eigenvalue weighted by atomic mass is 10.2. The van der Waals surface area contributed by atoms with E-state index in [9.17, 15) is 4.79 Å². The molecule has 1 heterocycles. The average molecular weight is 346 g/mol. The average Bonchev–Trinajstić information content (AvgIpc) is 2.92. The molecule has 0 spiro atoms. The highest BCUT2D eigenvalue weighted by molar-refractivity contribution is 7.99. The van der Waals surface area contributed by atoms with Crippen LogP contribution in [0.15, 0.2) is 35.7 Å². The Kier molecular flexibility index (Phi) is 6.23. The largest absolute Gasteiger partial charge is 0.350 e. The minimum atomic E-state index is 0.0356. The summed E-state index contributed by atoms with van der Waals surface area (Å²) in [5.41, 5.74) is 0.993. The van der Waals surface area contributed by atoms with Gasteiger partial charge in [-0.25, -0.2) is 0 Å². The molecule has 0 unspecified atom stereocenters. The van der Waals surface area contributed by atoms with Crippen LogP contribution in [-0.2, 0) is 17.1 Å². The fraction of sp³-hybridized carbons (Fsp3) is 0.214. The highest BCUT2D eigenvalue weighted by Crippen LogP contribution is 2.24. The van der Waals surface area contributed by atoms with Gasteiger partial charge in [0.15, 0.2) is 0 Å². The first-order valence-corrected chi connectivity index (χ1v) is 8.75. The smallest absolute Gasteiger partial charge is 0.230 e. The summed E-state index contributed by atoms with van der Waals surface area (Å²) in [6.45, 7) is 0.596. The summed E-state index contributed by atoms with van der Waals surface area (Å²) in [6.07, 6.45) is 0. The van der Waals surface area contributed by atoms with Crippen molar-refractivity contribution in [3.8, 4) is 0 Å². The molecular formula is C14H13Cl2NOS2. The molecule has 1 N–H and O–H groups in total. The highest BCUT2D eigenvalue weighted by atomic mass is 35.5. The van der Waals surface area contributed by atoms with Gasteiger partial charge in [0, 0.05) is 20.7 Å². The van der Waals surface area contributed by atoms with Crippen molar-refractivity contribution in [3.63, 3.8) is 0 Å². The van der Waals surface area contributed by atoms with Gasteiger partial charge in [-0.15, -0.1) is 23.1 Å². The Morgan fingerprint density at radius 1 is 1.30 bits per heavy atom. The Hall–Kier alpha value is -0.680. The van der Waals surface area contributed by atoms with Crippen LogP contribution in [0.25, 0.3) is 0 Å². The maximum atomic E-state index is 11.7. The van der Waals surface area contributed by atoms with Crippen molar-refractivity contribution in [2.75, 3.05) is 5.75 Å². The Morgan fingerprint density at radius 3 is 2.85 bits per heavy atom. The molecule has 1 aromatic carbocycles. The normalized spacial score (nSPS) is 10.5. The lowest BCUT2D eigenvalue weighted by Crippen LogP contribution is -2.24. The Labute approximate surface area is 136 Å². The molecule has 0 saturated carbocycles. The van der Waals surface area contributed by atoms with Crippen molar-refractivity contribution in [3.05, 3.63) is 56.2 Å². The molecule has 2 nitrogen and oxygen atoms in total. The quantitative estimate of drug-likeness (QED) is 0.828. The Morgan fingerprint density at radius 2 is 2.15 bits per heavy atom. The van der Waals surface area contributed by atoms with Crippen molar-refractivity contribution < 1.29 is 4.79 Å². The van der Waals surface area contributed by atoms with Crippen molar-refractivity contribution in [1.29, 1.82) is 0 Å². The van der Waals surface area contributed by atoms with E-state index in [2.05, 4.69) is 5.32 Å². The van der Waals surface area contributed by atoms with E-state index in [0.717, 1.165) is 10.4 Å². The summed E-state index contributed by atoms with van der Waals surface area (Å²) >= 11 is 15.1.